The SMILES string of the molecule is O=C(Cc1ccccc1)N/N=C\c1cccc(Cl)c1Cl. The van der Waals surface area contributed by atoms with Gasteiger partial charge in [-0.3, -0.25) is 4.79 Å². The van der Waals surface area contributed by atoms with Crippen molar-refractivity contribution >= 4 is 35.3 Å². The van der Waals surface area contributed by atoms with Crippen LogP contribution in [0.5, 0.6) is 0 Å². The summed E-state index contributed by atoms with van der Waals surface area (Å²) in [5, 5.41) is 4.73. The van der Waals surface area contributed by atoms with Gasteiger partial charge < -0.3 is 0 Å². The summed E-state index contributed by atoms with van der Waals surface area (Å²) in [6.45, 7) is 0. The van der Waals surface area contributed by atoms with Gasteiger partial charge in [0.2, 0.25) is 5.91 Å². The van der Waals surface area contributed by atoms with Crippen molar-refractivity contribution < 1.29 is 4.79 Å². The van der Waals surface area contributed by atoms with Crippen LogP contribution >= 0.6 is 23.2 Å². The number of carbonyl (C=O) groups is 1. The molecular weight excluding hydrogens is 295 g/mol. The summed E-state index contributed by atoms with van der Waals surface area (Å²) in [7, 11) is 0. The molecule has 0 unspecified atom stereocenters. The Balaban J connectivity index is 1.93. The Morgan fingerprint density at radius 3 is 2.60 bits per heavy atom. The maximum Gasteiger partial charge on any atom is 0.244 e. The van der Waals surface area contributed by atoms with Gasteiger partial charge in [0.15, 0.2) is 0 Å². The van der Waals surface area contributed by atoms with Crippen LogP contribution in [0.4, 0.5) is 0 Å². The zero-order chi connectivity index (χ0) is 14.4. The summed E-state index contributed by atoms with van der Waals surface area (Å²) >= 11 is 11.9. The Kier molecular flexibility index (Phi) is 5.16. The molecule has 1 amide bonds. The van der Waals surface area contributed by atoms with Crippen LogP contribution in [0.2, 0.25) is 10.0 Å². The zero-order valence-electron chi connectivity index (χ0n) is 10.5. The van der Waals surface area contributed by atoms with E-state index < -0.39 is 0 Å². The normalized spacial score (nSPS) is 10.7. The molecule has 0 atom stereocenters. The number of amides is 1. The highest BCUT2D eigenvalue weighted by atomic mass is 35.5. The van der Waals surface area contributed by atoms with E-state index in [1.54, 1.807) is 18.2 Å². The standard InChI is InChI=1S/C15H12Cl2N2O/c16-13-8-4-7-12(15(13)17)10-18-19-14(20)9-11-5-2-1-3-6-11/h1-8,10H,9H2,(H,19,20)/b18-10-. The van der Waals surface area contributed by atoms with Crippen molar-refractivity contribution in [2.75, 3.05) is 0 Å². The highest BCUT2D eigenvalue weighted by molar-refractivity contribution is 6.43. The summed E-state index contributed by atoms with van der Waals surface area (Å²) in [5.41, 5.74) is 4.04. The number of carbonyl (C=O) groups excluding carboxylic acids is 1. The van der Waals surface area contributed by atoms with Crippen LogP contribution in [-0.2, 0) is 11.2 Å². The van der Waals surface area contributed by atoms with Gasteiger partial charge in [0.1, 0.15) is 0 Å². The van der Waals surface area contributed by atoms with Gasteiger partial charge in [0.05, 0.1) is 22.7 Å². The van der Waals surface area contributed by atoms with E-state index in [1.807, 2.05) is 30.3 Å². The maximum atomic E-state index is 11.7. The van der Waals surface area contributed by atoms with Crippen LogP contribution in [0, 0.1) is 0 Å². The number of nitrogens with one attached hydrogen (secondary N) is 1. The molecule has 0 aliphatic heterocycles. The van der Waals surface area contributed by atoms with Gasteiger partial charge in [0.25, 0.3) is 0 Å². The molecular formula is C15H12Cl2N2O. The highest BCUT2D eigenvalue weighted by Gasteiger charge is 2.03. The fourth-order valence-electron chi connectivity index (χ4n) is 1.61. The molecule has 102 valence electrons. The number of halogens is 2. The summed E-state index contributed by atoms with van der Waals surface area (Å²) in [4.78, 5) is 11.7. The summed E-state index contributed by atoms with van der Waals surface area (Å²) in [6.07, 6.45) is 1.75. The van der Waals surface area contributed by atoms with Crippen LogP contribution in [0.15, 0.2) is 53.6 Å². The van der Waals surface area contributed by atoms with E-state index in [4.69, 9.17) is 23.2 Å². The van der Waals surface area contributed by atoms with Crippen LogP contribution in [0.3, 0.4) is 0 Å². The molecule has 0 saturated carbocycles. The molecule has 0 heterocycles. The average molecular weight is 307 g/mol. The third kappa shape index (κ3) is 4.08. The van der Waals surface area contributed by atoms with E-state index >= 15 is 0 Å². The minimum atomic E-state index is -0.189. The first-order chi connectivity index (χ1) is 9.66. The summed E-state index contributed by atoms with van der Waals surface area (Å²) < 4.78 is 0. The van der Waals surface area contributed by atoms with E-state index in [2.05, 4.69) is 10.5 Å². The Morgan fingerprint density at radius 1 is 1.10 bits per heavy atom. The Morgan fingerprint density at radius 2 is 1.85 bits per heavy atom. The molecule has 2 rings (SSSR count). The van der Waals surface area contributed by atoms with Crippen molar-refractivity contribution in [3.63, 3.8) is 0 Å². The van der Waals surface area contributed by atoms with Crippen LogP contribution in [0.1, 0.15) is 11.1 Å². The Labute approximate surface area is 127 Å². The van der Waals surface area contributed by atoms with E-state index in [-0.39, 0.29) is 12.3 Å². The lowest BCUT2D eigenvalue weighted by Gasteiger charge is -2.01. The largest absolute Gasteiger partial charge is 0.273 e. The molecule has 0 aliphatic rings. The van der Waals surface area contributed by atoms with Gasteiger partial charge in [-0.2, -0.15) is 5.10 Å². The molecule has 0 spiro atoms. The first-order valence-corrected chi connectivity index (χ1v) is 6.72. The third-order valence-corrected chi connectivity index (χ3v) is 3.42. The van der Waals surface area contributed by atoms with Gasteiger partial charge in [-0.15, -0.1) is 0 Å². The first kappa shape index (κ1) is 14.6. The number of rotatable bonds is 4. The van der Waals surface area contributed by atoms with Crippen molar-refractivity contribution in [2.24, 2.45) is 5.10 Å². The lowest BCUT2D eigenvalue weighted by Crippen LogP contribution is -2.19. The summed E-state index contributed by atoms with van der Waals surface area (Å²) in [6, 6.07) is 14.7. The average Bonchev–Trinajstić information content (AvgIpc) is 2.44. The van der Waals surface area contributed by atoms with Crippen LogP contribution in [-0.4, -0.2) is 12.1 Å². The van der Waals surface area contributed by atoms with Crippen molar-refractivity contribution in [3.8, 4) is 0 Å². The van der Waals surface area contributed by atoms with Crippen molar-refractivity contribution in [1.29, 1.82) is 0 Å². The van der Waals surface area contributed by atoms with Gasteiger partial charge in [-0.25, -0.2) is 5.43 Å². The van der Waals surface area contributed by atoms with Gasteiger partial charge >= 0.3 is 0 Å². The quantitative estimate of drug-likeness (QED) is 0.679. The molecule has 0 radical (unpaired) electrons. The fraction of sp³-hybridized carbons (Fsp3) is 0.0667. The smallest absolute Gasteiger partial charge is 0.244 e. The highest BCUT2D eigenvalue weighted by Crippen LogP contribution is 2.23. The van der Waals surface area contributed by atoms with E-state index in [0.29, 0.717) is 15.6 Å². The van der Waals surface area contributed by atoms with Crippen LogP contribution < -0.4 is 5.43 Å². The number of benzene rings is 2. The number of hydrazone groups is 1. The van der Waals surface area contributed by atoms with E-state index in [1.165, 1.54) is 6.21 Å². The predicted molar refractivity (Wildman–Crippen MR) is 82.3 cm³/mol. The number of nitrogens with zero attached hydrogens (tertiary/aromatic N) is 1. The lowest BCUT2D eigenvalue weighted by molar-refractivity contribution is -0.120. The molecule has 0 aromatic heterocycles. The number of hydrogen-bond acceptors (Lipinski definition) is 2. The Bertz CT molecular complexity index is 627. The predicted octanol–water partition coefficient (Wildman–Crippen LogP) is 3.69. The molecule has 2 aromatic rings. The molecule has 3 nitrogen and oxygen atoms in total. The van der Waals surface area contributed by atoms with Crippen molar-refractivity contribution in [3.05, 3.63) is 69.7 Å². The first-order valence-electron chi connectivity index (χ1n) is 5.96. The van der Waals surface area contributed by atoms with E-state index in [0.717, 1.165) is 5.56 Å². The second-order valence-electron chi connectivity index (χ2n) is 4.10. The number of hydrogen-bond donors (Lipinski definition) is 1. The monoisotopic (exact) mass is 306 g/mol. The molecule has 20 heavy (non-hydrogen) atoms. The lowest BCUT2D eigenvalue weighted by atomic mass is 10.1. The molecule has 0 saturated heterocycles. The second kappa shape index (κ2) is 7.08. The third-order valence-electron chi connectivity index (χ3n) is 2.58. The molecule has 1 N–H and O–H groups in total. The Hall–Kier alpha value is -1.84. The molecule has 2 aromatic carbocycles. The topological polar surface area (TPSA) is 41.5 Å². The van der Waals surface area contributed by atoms with Crippen molar-refractivity contribution in [1.82, 2.24) is 5.43 Å². The molecule has 0 aliphatic carbocycles. The molecule has 0 fully saturated rings. The van der Waals surface area contributed by atoms with Gasteiger partial charge in [-0.1, -0.05) is 65.7 Å². The molecule has 0 bridgehead atoms. The summed E-state index contributed by atoms with van der Waals surface area (Å²) in [5.74, 6) is -0.189. The minimum Gasteiger partial charge on any atom is -0.273 e. The maximum absolute atomic E-state index is 11.7. The van der Waals surface area contributed by atoms with Crippen molar-refractivity contribution in [2.45, 2.75) is 6.42 Å². The zero-order valence-corrected chi connectivity index (χ0v) is 12.0. The minimum absolute atomic E-state index is 0.189. The fourth-order valence-corrected chi connectivity index (χ4v) is 1.97. The van der Waals surface area contributed by atoms with E-state index in [9.17, 15) is 4.79 Å². The van der Waals surface area contributed by atoms with Gasteiger partial charge in [0, 0.05) is 5.56 Å². The van der Waals surface area contributed by atoms with Crippen LogP contribution in [0.25, 0.3) is 0 Å². The second-order valence-corrected chi connectivity index (χ2v) is 4.88. The molecule has 5 heteroatoms. The van der Waals surface area contributed by atoms with Gasteiger partial charge in [-0.05, 0) is 11.6 Å².